The molecule has 3 rings (SSSR count). The Bertz CT molecular complexity index is 437. The maximum atomic E-state index is 12.1. The lowest BCUT2D eigenvalue weighted by molar-refractivity contribution is 0.0852. The van der Waals surface area contributed by atoms with E-state index in [4.69, 9.17) is 4.74 Å². The van der Waals surface area contributed by atoms with Gasteiger partial charge < -0.3 is 15.4 Å². The minimum Gasteiger partial charge on any atom is -0.376 e. The molecule has 0 radical (unpaired) electrons. The third-order valence-electron chi connectivity index (χ3n) is 3.54. The maximum absolute atomic E-state index is 12.1. The largest absolute Gasteiger partial charge is 0.376 e. The Hall–Kier alpha value is -1.40. The van der Waals surface area contributed by atoms with Crippen LogP contribution in [0.1, 0.15) is 34.6 Å². The van der Waals surface area contributed by atoms with Crippen LogP contribution in [0.5, 0.6) is 0 Å². The molecule has 3 N–H and O–H groups in total. The highest BCUT2D eigenvalue weighted by molar-refractivity contribution is 5.94. The normalized spacial score (nSPS) is 22.8. The Kier molecular flexibility index (Phi) is 3.29. The predicted molar refractivity (Wildman–Crippen MR) is 65.3 cm³/mol. The molecule has 18 heavy (non-hydrogen) atoms. The van der Waals surface area contributed by atoms with Gasteiger partial charge in [-0.05, 0) is 12.8 Å². The van der Waals surface area contributed by atoms with E-state index in [1.54, 1.807) is 0 Å². The van der Waals surface area contributed by atoms with E-state index < -0.39 is 0 Å². The van der Waals surface area contributed by atoms with Gasteiger partial charge in [0.05, 0.1) is 6.10 Å². The Labute approximate surface area is 105 Å². The molecule has 6 nitrogen and oxygen atoms in total. The minimum absolute atomic E-state index is 0.105. The number of aromatic amines is 1. The molecule has 0 saturated carbocycles. The number of fused-ring (bicyclic) bond motifs is 1. The number of aromatic nitrogens is 2. The molecule has 0 aliphatic carbocycles. The van der Waals surface area contributed by atoms with Crippen LogP contribution < -0.4 is 10.6 Å². The van der Waals surface area contributed by atoms with Gasteiger partial charge in [0.15, 0.2) is 5.69 Å². The van der Waals surface area contributed by atoms with E-state index >= 15 is 0 Å². The summed E-state index contributed by atoms with van der Waals surface area (Å²) in [5, 5.41) is 13.2. The van der Waals surface area contributed by atoms with Crippen LogP contribution in [-0.4, -0.2) is 41.9 Å². The minimum atomic E-state index is -0.105. The first-order valence-electron chi connectivity index (χ1n) is 6.51. The first-order valence-corrected chi connectivity index (χ1v) is 6.51. The van der Waals surface area contributed by atoms with Crippen LogP contribution in [0.3, 0.4) is 0 Å². The van der Waals surface area contributed by atoms with Crippen LogP contribution in [-0.2, 0) is 17.7 Å². The summed E-state index contributed by atoms with van der Waals surface area (Å²) < 4.78 is 5.48. The number of H-pyrrole nitrogens is 1. The number of nitrogens with one attached hydrogen (secondary N) is 3. The number of hydrogen-bond acceptors (Lipinski definition) is 4. The van der Waals surface area contributed by atoms with Gasteiger partial charge in [0.1, 0.15) is 0 Å². The molecule has 2 aliphatic rings. The van der Waals surface area contributed by atoms with E-state index in [-0.39, 0.29) is 12.0 Å². The van der Waals surface area contributed by atoms with Gasteiger partial charge in [-0.15, -0.1) is 0 Å². The zero-order valence-electron chi connectivity index (χ0n) is 10.3. The van der Waals surface area contributed by atoms with Crippen molar-refractivity contribution in [3.63, 3.8) is 0 Å². The second-order valence-corrected chi connectivity index (χ2v) is 4.80. The van der Waals surface area contributed by atoms with Crippen LogP contribution in [0.2, 0.25) is 0 Å². The standard InChI is InChI=1S/C12H18N4O2/c17-12(14-6-8-2-1-5-18-8)11-9-7-13-4-3-10(9)15-16-11/h8,13H,1-7H2,(H,14,17)(H,15,16)/t8-/m1/s1. The highest BCUT2D eigenvalue weighted by Crippen LogP contribution is 2.15. The molecule has 3 heterocycles. The number of rotatable bonds is 3. The third-order valence-corrected chi connectivity index (χ3v) is 3.54. The molecule has 1 saturated heterocycles. The summed E-state index contributed by atoms with van der Waals surface area (Å²) in [5.74, 6) is -0.105. The molecule has 1 fully saturated rings. The fourth-order valence-electron chi connectivity index (χ4n) is 2.51. The van der Waals surface area contributed by atoms with Gasteiger partial charge in [0.25, 0.3) is 5.91 Å². The summed E-state index contributed by atoms with van der Waals surface area (Å²) in [6.07, 6.45) is 3.19. The van der Waals surface area contributed by atoms with Gasteiger partial charge in [0.2, 0.25) is 0 Å². The van der Waals surface area contributed by atoms with Crippen molar-refractivity contribution in [1.29, 1.82) is 0 Å². The average Bonchev–Trinajstić information content (AvgIpc) is 3.05. The lowest BCUT2D eigenvalue weighted by Crippen LogP contribution is -2.33. The van der Waals surface area contributed by atoms with Crippen LogP contribution >= 0.6 is 0 Å². The van der Waals surface area contributed by atoms with Crippen molar-refractivity contribution in [2.75, 3.05) is 19.7 Å². The van der Waals surface area contributed by atoms with Crippen LogP contribution in [0.15, 0.2) is 0 Å². The highest BCUT2D eigenvalue weighted by Gasteiger charge is 2.22. The molecule has 1 amide bonds. The number of nitrogens with zero attached hydrogens (tertiary/aromatic N) is 1. The molecule has 98 valence electrons. The zero-order valence-corrected chi connectivity index (χ0v) is 10.3. The van der Waals surface area contributed by atoms with Crippen molar-refractivity contribution < 1.29 is 9.53 Å². The van der Waals surface area contributed by atoms with Crippen LogP contribution in [0.4, 0.5) is 0 Å². The maximum Gasteiger partial charge on any atom is 0.272 e. The molecule has 0 bridgehead atoms. The number of ether oxygens (including phenoxy) is 1. The van der Waals surface area contributed by atoms with E-state index in [0.29, 0.717) is 18.8 Å². The van der Waals surface area contributed by atoms with E-state index in [9.17, 15) is 4.79 Å². The monoisotopic (exact) mass is 250 g/mol. The van der Waals surface area contributed by atoms with Crippen molar-refractivity contribution in [2.45, 2.75) is 31.9 Å². The molecular formula is C12H18N4O2. The fraction of sp³-hybridized carbons (Fsp3) is 0.667. The number of carbonyl (C=O) groups is 1. The van der Waals surface area contributed by atoms with Crippen molar-refractivity contribution in [3.8, 4) is 0 Å². The highest BCUT2D eigenvalue weighted by atomic mass is 16.5. The molecule has 0 unspecified atom stereocenters. The Morgan fingerprint density at radius 1 is 1.56 bits per heavy atom. The Morgan fingerprint density at radius 2 is 2.50 bits per heavy atom. The lowest BCUT2D eigenvalue weighted by atomic mass is 10.1. The molecule has 0 aromatic carbocycles. The van der Waals surface area contributed by atoms with Crippen molar-refractivity contribution in [3.05, 3.63) is 17.0 Å². The van der Waals surface area contributed by atoms with Crippen molar-refractivity contribution in [1.82, 2.24) is 20.8 Å². The van der Waals surface area contributed by atoms with Gasteiger partial charge in [-0.2, -0.15) is 5.10 Å². The third kappa shape index (κ3) is 2.26. The van der Waals surface area contributed by atoms with Crippen molar-refractivity contribution >= 4 is 5.91 Å². The molecule has 1 atom stereocenters. The Balaban J connectivity index is 1.63. The predicted octanol–water partition coefficient (Wildman–Crippen LogP) is -0.0358. The Morgan fingerprint density at radius 3 is 3.33 bits per heavy atom. The van der Waals surface area contributed by atoms with E-state index in [0.717, 1.165) is 43.7 Å². The van der Waals surface area contributed by atoms with Gasteiger partial charge in [-0.1, -0.05) is 0 Å². The second kappa shape index (κ2) is 5.07. The SMILES string of the molecule is O=C(NC[C@H]1CCCO1)c1n[nH]c2c1CNCC2. The topological polar surface area (TPSA) is 79.0 Å². The summed E-state index contributed by atoms with van der Waals surface area (Å²) in [6.45, 7) is 3.04. The van der Waals surface area contributed by atoms with Crippen LogP contribution in [0, 0.1) is 0 Å². The average molecular weight is 250 g/mol. The molecule has 1 aromatic rings. The van der Waals surface area contributed by atoms with E-state index in [1.165, 1.54) is 0 Å². The summed E-state index contributed by atoms with van der Waals surface area (Å²) in [7, 11) is 0. The summed E-state index contributed by atoms with van der Waals surface area (Å²) >= 11 is 0. The molecular weight excluding hydrogens is 232 g/mol. The first-order chi connectivity index (χ1) is 8.84. The van der Waals surface area contributed by atoms with Gasteiger partial charge >= 0.3 is 0 Å². The van der Waals surface area contributed by atoms with E-state index in [1.807, 2.05) is 0 Å². The van der Waals surface area contributed by atoms with Gasteiger partial charge in [-0.25, -0.2) is 0 Å². The van der Waals surface area contributed by atoms with Gasteiger partial charge in [0, 0.05) is 43.9 Å². The summed E-state index contributed by atoms with van der Waals surface area (Å²) in [6, 6.07) is 0. The second-order valence-electron chi connectivity index (χ2n) is 4.80. The first kappa shape index (κ1) is 11.7. The fourth-order valence-corrected chi connectivity index (χ4v) is 2.51. The summed E-state index contributed by atoms with van der Waals surface area (Å²) in [5.41, 5.74) is 2.61. The number of hydrogen-bond donors (Lipinski definition) is 3. The number of carbonyl (C=O) groups excluding carboxylic acids is 1. The zero-order chi connectivity index (χ0) is 12.4. The summed E-state index contributed by atoms with van der Waals surface area (Å²) in [4.78, 5) is 12.1. The molecule has 1 aromatic heterocycles. The van der Waals surface area contributed by atoms with Gasteiger partial charge in [-0.3, -0.25) is 9.89 Å². The quantitative estimate of drug-likeness (QED) is 0.703. The van der Waals surface area contributed by atoms with Crippen molar-refractivity contribution in [2.24, 2.45) is 0 Å². The molecule has 0 spiro atoms. The number of amides is 1. The smallest absolute Gasteiger partial charge is 0.272 e. The van der Waals surface area contributed by atoms with E-state index in [2.05, 4.69) is 20.8 Å². The van der Waals surface area contributed by atoms with Crippen LogP contribution in [0.25, 0.3) is 0 Å². The molecule has 2 aliphatic heterocycles. The lowest BCUT2D eigenvalue weighted by Gasteiger charge is -2.13. The molecule has 6 heteroatoms.